The molecule has 72 valence electrons. The van der Waals surface area contributed by atoms with Crippen molar-refractivity contribution in [1.82, 2.24) is 4.98 Å². The minimum atomic E-state index is -0.503. The van der Waals surface area contributed by atoms with Gasteiger partial charge in [0.2, 0.25) is 0 Å². The molecular weight excluding hydrogens is 186 g/mol. The molecule has 0 bridgehead atoms. The summed E-state index contributed by atoms with van der Waals surface area (Å²) >= 11 is 5.64. The average molecular weight is 200 g/mol. The lowest BCUT2D eigenvalue weighted by Crippen LogP contribution is -2.17. The number of halogens is 1. The van der Waals surface area contributed by atoms with Gasteiger partial charge in [0.25, 0.3) is 0 Å². The van der Waals surface area contributed by atoms with Gasteiger partial charge in [-0.25, -0.2) is 4.98 Å². The molecule has 1 aromatic rings. The van der Waals surface area contributed by atoms with Crippen LogP contribution in [-0.2, 0) is 0 Å². The maximum absolute atomic E-state index is 9.86. The van der Waals surface area contributed by atoms with E-state index < -0.39 is 6.10 Å². The zero-order chi connectivity index (χ0) is 10.1. The number of pyridine rings is 1. The van der Waals surface area contributed by atoms with E-state index in [1.165, 1.54) is 0 Å². The van der Waals surface area contributed by atoms with Crippen LogP contribution in [0.3, 0.4) is 0 Å². The van der Waals surface area contributed by atoms with E-state index in [1.54, 1.807) is 18.3 Å². The van der Waals surface area contributed by atoms with E-state index in [4.69, 9.17) is 11.6 Å². The second kappa shape index (κ2) is 3.64. The maximum atomic E-state index is 9.86. The largest absolute Gasteiger partial charge is 0.388 e. The molecular formula is C10H14ClNO. The van der Waals surface area contributed by atoms with Crippen LogP contribution in [-0.4, -0.2) is 10.1 Å². The van der Waals surface area contributed by atoms with Crippen LogP contribution in [0.25, 0.3) is 0 Å². The van der Waals surface area contributed by atoms with Gasteiger partial charge in [0, 0.05) is 6.20 Å². The average Bonchev–Trinajstić information content (AvgIpc) is 2.03. The van der Waals surface area contributed by atoms with Crippen LogP contribution in [0.1, 0.15) is 32.4 Å². The van der Waals surface area contributed by atoms with Crippen molar-refractivity contribution in [2.45, 2.75) is 26.9 Å². The minimum Gasteiger partial charge on any atom is -0.388 e. The molecule has 0 aromatic carbocycles. The Kier molecular flexibility index (Phi) is 2.94. The second-order valence-corrected chi connectivity index (χ2v) is 4.57. The molecule has 0 aliphatic carbocycles. The summed E-state index contributed by atoms with van der Waals surface area (Å²) in [5.41, 5.74) is 0.632. The third-order valence-corrected chi connectivity index (χ3v) is 2.11. The first-order chi connectivity index (χ1) is 5.91. The summed E-state index contributed by atoms with van der Waals surface area (Å²) in [6.07, 6.45) is 1.11. The fourth-order valence-corrected chi connectivity index (χ4v) is 1.16. The Bertz CT molecular complexity index is 276. The highest BCUT2D eigenvalue weighted by Crippen LogP contribution is 2.32. The van der Waals surface area contributed by atoms with Gasteiger partial charge in [-0.1, -0.05) is 38.4 Å². The molecule has 0 aliphatic rings. The fourth-order valence-electron chi connectivity index (χ4n) is 1.05. The Morgan fingerprint density at radius 1 is 1.38 bits per heavy atom. The third-order valence-electron chi connectivity index (χ3n) is 1.89. The number of hydrogen-bond donors (Lipinski definition) is 1. The fraction of sp³-hybridized carbons (Fsp3) is 0.500. The van der Waals surface area contributed by atoms with Crippen molar-refractivity contribution in [1.29, 1.82) is 0 Å². The number of aliphatic hydroxyl groups excluding tert-OH is 1. The summed E-state index contributed by atoms with van der Waals surface area (Å²) in [5, 5.41) is 10.3. The molecule has 1 N–H and O–H groups in total. The predicted octanol–water partition coefficient (Wildman–Crippen LogP) is 2.81. The molecule has 3 heteroatoms. The molecule has 0 saturated heterocycles. The van der Waals surface area contributed by atoms with Gasteiger partial charge >= 0.3 is 0 Å². The summed E-state index contributed by atoms with van der Waals surface area (Å²) in [6, 6.07) is 3.48. The number of nitrogens with zero attached hydrogens (tertiary/aromatic N) is 1. The van der Waals surface area contributed by atoms with Crippen molar-refractivity contribution in [3.05, 3.63) is 29.0 Å². The van der Waals surface area contributed by atoms with Gasteiger partial charge in [-0.15, -0.1) is 0 Å². The third kappa shape index (κ3) is 2.68. The van der Waals surface area contributed by atoms with E-state index in [0.29, 0.717) is 5.15 Å². The van der Waals surface area contributed by atoms with Crippen molar-refractivity contribution in [2.75, 3.05) is 0 Å². The molecule has 0 radical (unpaired) electrons. The standard InChI is InChI=1S/C10H14ClNO/c1-10(2,3)9(13)7-4-5-8(11)12-6-7/h4-6,9,13H,1-3H3/t9-/m1/s1. The van der Waals surface area contributed by atoms with Crippen LogP contribution in [0.15, 0.2) is 18.3 Å². The lowest BCUT2D eigenvalue weighted by Gasteiger charge is -2.25. The number of hydrogen-bond acceptors (Lipinski definition) is 2. The highest BCUT2D eigenvalue weighted by molar-refractivity contribution is 6.29. The summed E-state index contributed by atoms with van der Waals surface area (Å²) in [5.74, 6) is 0. The number of rotatable bonds is 1. The van der Waals surface area contributed by atoms with Gasteiger partial charge in [-0.05, 0) is 17.0 Å². The SMILES string of the molecule is CC(C)(C)[C@H](O)c1ccc(Cl)nc1. The molecule has 2 nitrogen and oxygen atoms in total. The Hall–Kier alpha value is -0.600. The molecule has 13 heavy (non-hydrogen) atoms. The van der Waals surface area contributed by atoms with Crippen LogP contribution in [0.4, 0.5) is 0 Å². The molecule has 0 aliphatic heterocycles. The van der Waals surface area contributed by atoms with Gasteiger partial charge in [-0.3, -0.25) is 0 Å². The molecule has 1 rings (SSSR count). The lowest BCUT2D eigenvalue weighted by atomic mass is 9.85. The van der Waals surface area contributed by atoms with Crippen molar-refractivity contribution in [3.63, 3.8) is 0 Å². The Morgan fingerprint density at radius 3 is 2.38 bits per heavy atom. The summed E-state index contributed by atoms with van der Waals surface area (Å²) in [7, 11) is 0. The van der Waals surface area contributed by atoms with Crippen molar-refractivity contribution in [2.24, 2.45) is 5.41 Å². The molecule has 0 spiro atoms. The zero-order valence-corrected chi connectivity index (χ0v) is 8.84. The maximum Gasteiger partial charge on any atom is 0.129 e. The quantitative estimate of drug-likeness (QED) is 0.706. The summed E-state index contributed by atoms with van der Waals surface area (Å²) in [6.45, 7) is 5.94. The van der Waals surface area contributed by atoms with Gasteiger partial charge < -0.3 is 5.11 Å². The van der Waals surface area contributed by atoms with Crippen molar-refractivity contribution >= 4 is 11.6 Å². The number of aromatic nitrogens is 1. The first-order valence-corrected chi connectivity index (χ1v) is 4.58. The van der Waals surface area contributed by atoms with E-state index >= 15 is 0 Å². The van der Waals surface area contributed by atoms with E-state index in [0.717, 1.165) is 5.56 Å². The molecule has 1 aromatic heterocycles. The zero-order valence-electron chi connectivity index (χ0n) is 8.08. The molecule has 1 heterocycles. The molecule has 0 saturated carbocycles. The minimum absolute atomic E-state index is 0.171. The van der Waals surface area contributed by atoms with E-state index in [1.807, 2.05) is 20.8 Å². The van der Waals surface area contributed by atoms with E-state index in [-0.39, 0.29) is 5.41 Å². The van der Waals surface area contributed by atoms with Crippen LogP contribution in [0, 0.1) is 5.41 Å². The predicted molar refractivity (Wildman–Crippen MR) is 53.7 cm³/mol. The monoisotopic (exact) mass is 199 g/mol. The van der Waals surface area contributed by atoms with Crippen LogP contribution < -0.4 is 0 Å². The molecule has 0 unspecified atom stereocenters. The van der Waals surface area contributed by atoms with Crippen LogP contribution in [0.5, 0.6) is 0 Å². The highest BCUT2D eigenvalue weighted by atomic mass is 35.5. The smallest absolute Gasteiger partial charge is 0.129 e. The Balaban J connectivity index is 2.90. The van der Waals surface area contributed by atoms with E-state index in [2.05, 4.69) is 4.98 Å². The second-order valence-electron chi connectivity index (χ2n) is 4.18. The van der Waals surface area contributed by atoms with Gasteiger partial charge in [0.1, 0.15) is 5.15 Å². The van der Waals surface area contributed by atoms with Crippen LogP contribution >= 0.6 is 11.6 Å². The van der Waals surface area contributed by atoms with Crippen LogP contribution in [0.2, 0.25) is 5.15 Å². The van der Waals surface area contributed by atoms with Crippen molar-refractivity contribution < 1.29 is 5.11 Å². The molecule has 1 atom stereocenters. The Morgan fingerprint density at radius 2 is 2.00 bits per heavy atom. The topological polar surface area (TPSA) is 33.1 Å². The Labute approximate surface area is 83.6 Å². The lowest BCUT2D eigenvalue weighted by molar-refractivity contribution is 0.0624. The summed E-state index contributed by atoms with van der Waals surface area (Å²) < 4.78 is 0. The first-order valence-electron chi connectivity index (χ1n) is 4.21. The van der Waals surface area contributed by atoms with Crippen molar-refractivity contribution in [3.8, 4) is 0 Å². The molecule has 0 amide bonds. The summed E-state index contributed by atoms with van der Waals surface area (Å²) in [4.78, 5) is 3.92. The molecule has 0 fully saturated rings. The van der Waals surface area contributed by atoms with E-state index in [9.17, 15) is 5.11 Å². The highest BCUT2D eigenvalue weighted by Gasteiger charge is 2.23. The normalized spacial score (nSPS) is 14.2. The van der Waals surface area contributed by atoms with Gasteiger partial charge in [-0.2, -0.15) is 0 Å². The van der Waals surface area contributed by atoms with Gasteiger partial charge in [0.15, 0.2) is 0 Å². The van der Waals surface area contributed by atoms with Gasteiger partial charge in [0.05, 0.1) is 6.10 Å². The first kappa shape index (κ1) is 10.5. The number of aliphatic hydroxyl groups is 1.